The monoisotopic (exact) mass is 511 g/mol. The van der Waals surface area contributed by atoms with Crippen LogP contribution < -0.4 is 4.90 Å². The summed E-state index contributed by atoms with van der Waals surface area (Å²) in [5, 5.41) is 17.1. The number of carbonyl (C=O) groups is 2. The number of carboxylic acid groups (broad SMARTS) is 2. The smallest absolute Gasteiger partial charge is 0.414 e. The maximum atomic E-state index is 11.6. The Labute approximate surface area is 210 Å². The van der Waals surface area contributed by atoms with Gasteiger partial charge in [-0.3, -0.25) is 0 Å². The quantitative estimate of drug-likeness (QED) is 0.497. The molecule has 1 aliphatic rings. The standard InChI is InChI=1S/C24H27N3O2S.C2H2O4/c1-3-26-14-16-27(17-15-26)24-23-7-5-4-6-20(23)18-21(25-24)11-8-19-9-12-22(13-10-19)30(2,28)29;3-1(4)2(5)6/h4-13,18H,3,14-17H2,1-2H3;(H,3,4)(H,5,6). The third kappa shape index (κ3) is 7.12. The fourth-order valence-corrected chi connectivity index (χ4v) is 4.44. The molecule has 0 aliphatic carbocycles. The molecule has 2 heterocycles. The molecule has 36 heavy (non-hydrogen) atoms. The van der Waals surface area contributed by atoms with Crippen molar-refractivity contribution in [1.82, 2.24) is 9.88 Å². The average molecular weight is 512 g/mol. The molecule has 1 fully saturated rings. The van der Waals surface area contributed by atoms with Crippen LogP contribution in [0.2, 0.25) is 0 Å². The molecule has 190 valence electrons. The first-order valence-electron chi connectivity index (χ1n) is 11.4. The van der Waals surface area contributed by atoms with Crippen LogP contribution in [0.1, 0.15) is 18.2 Å². The highest BCUT2D eigenvalue weighted by atomic mass is 32.2. The number of benzene rings is 2. The van der Waals surface area contributed by atoms with E-state index in [9.17, 15) is 8.42 Å². The molecule has 0 saturated carbocycles. The fraction of sp³-hybridized carbons (Fsp3) is 0.269. The summed E-state index contributed by atoms with van der Waals surface area (Å²) in [6.45, 7) is 7.36. The van der Waals surface area contributed by atoms with E-state index in [1.165, 1.54) is 17.0 Å². The molecule has 10 heteroatoms. The van der Waals surface area contributed by atoms with Crippen molar-refractivity contribution >= 4 is 50.5 Å². The minimum atomic E-state index is -3.18. The van der Waals surface area contributed by atoms with Crippen LogP contribution in [0.3, 0.4) is 0 Å². The normalized spacial score (nSPS) is 14.4. The summed E-state index contributed by atoms with van der Waals surface area (Å²) in [4.78, 5) is 28.3. The number of anilines is 1. The topological polar surface area (TPSA) is 128 Å². The number of carboxylic acids is 2. The maximum Gasteiger partial charge on any atom is 0.414 e. The number of nitrogens with zero attached hydrogens (tertiary/aromatic N) is 3. The number of hydrogen-bond acceptors (Lipinski definition) is 7. The van der Waals surface area contributed by atoms with E-state index in [1.807, 2.05) is 24.3 Å². The lowest BCUT2D eigenvalue weighted by Gasteiger charge is -2.35. The molecule has 0 radical (unpaired) electrons. The predicted molar refractivity (Wildman–Crippen MR) is 140 cm³/mol. The Hall–Kier alpha value is -3.76. The molecule has 1 saturated heterocycles. The highest BCUT2D eigenvalue weighted by molar-refractivity contribution is 7.90. The van der Waals surface area contributed by atoms with Crippen molar-refractivity contribution in [3.05, 3.63) is 65.9 Å². The van der Waals surface area contributed by atoms with Gasteiger partial charge in [0.15, 0.2) is 9.84 Å². The first kappa shape index (κ1) is 26.8. The van der Waals surface area contributed by atoms with Crippen LogP contribution in [-0.4, -0.2) is 79.4 Å². The Bertz CT molecular complexity index is 1350. The van der Waals surface area contributed by atoms with Crippen molar-refractivity contribution in [3.63, 3.8) is 0 Å². The van der Waals surface area contributed by atoms with Crippen LogP contribution >= 0.6 is 0 Å². The largest absolute Gasteiger partial charge is 0.473 e. The molecule has 0 amide bonds. The summed E-state index contributed by atoms with van der Waals surface area (Å²) >= 11 is 0. The Morgan fingerprint density at radius 1 is 0.944 bits per heavy atom. The van der Waals surface area contributed by atoms with Crippen molar-refractivity contribution in [2.24, 2.45) is 0 Å². The third-order valence-corrected chi connectivity index (χ3v) is 6.93. The van der Waals surface area contributed by atoms with E-state index in [0.29, 0.717) is 4.90 Å². The van der Waals surface area contributed by atoms with Gasteiger partial charge in [0.25, 0.3) is 0 Å². The zero-order valence-electron chi connectivity index (χ0n) is 20.2. The fourth-order valence-electron chi connectivity index (χ4n) is 3.81. The molecule has 2 aromatic carbocycles. The summed E-state index contributed by atoms with van der Waals surface area (Å²) in [5.41, 5.74) is 1.84. The minimum absolute atomic E-state index is 0.331. The van der Waals surface area contributed by atoms with Crippen molar-refractivity contribution < 1.29 is 28.2 Å². The van der Waals surface area contributed by atoms with Crippen LogP contribution in [0.5, 0.6) is 0 Å². The summed E-state index contributed by atoms with van der Waals surface area (Å²) in [5.74, 6) is -2.61. The molecule has 1 aliphatic heterocycles. The van der Waals surface area contributed by atoms with Crippen molar-refractivity contribution in [3.8, 4) is 0 Å². The number of pyridine rings is 1. The molecule has 0 bridgehead atoms. The van der Waals surface area contributed by atoms with Gasteiger partial charge in [0.05, 0.1) is 10.6 Å². The Morgan fingerprint density at radius 2 is 1.56 bits per heavy atom. The number of sulfone groups is 1. The first-order valence-corrected chi connectivity index (χ1v) is 13.3. The number of piperazine rings is 1. The number of aromatic nitrogens is 1. The first-order chi connectivity index (χ1) is 17.1. The molecule has 1 aromatic heterocycles. The summed E-state index contributed by atoms with van der Waals surface area (Å²) < 4.78 is 23.3. The lowest BCUT2D eigenvalue weighted by Crippen LogP contribution is -2.46. The summed E-state index contributed by atoms with van der Waals surface area (Å²) in [7, 11) is -3.18. The van der Waals surface area contributed by atoms with Crippen LogP contribution in [0.4, 0.5) is 5.82 Å². The van der Waals surface area contributed by atoms with Gasteiger partial charge in [0.2, 0.25) is 0 Å². The lowest BCUT2D eigenvalue weighted by atomic mass is 10.1. The molecule has 0 spiro atoms. The summed E-state index contributed by atoms with van der Waals surface area (Å²) in [6, 6.07) is 17.4. The van der Waals surface area contributed by atoms with Crippen LogP contribution in [0, 0.1) is 0 Å². The van der Waals surface area contributed by atoms with Crippen molar-refractivity contribution in [1.29, 1.82) is 0 Å². The zero-order valence-corrected chi connectivity index (χ0v) is 21.0. The third-order valence-electron chi connectivity index (χ3n) is 5.80. The van der Waals surface area contributed by atoms with E-state index in [0.717, 1.165) is 49.8 Å². The Kier molecular flexibility index (Phi) is 8.78. The number of aliphatic carboxylic acids is 2. The SMILES string of the molecule is CCN1CCN(c2nc(C=Cc3ccc(S(C)(=O)=O)cc3)cc3ccccc23)CC1.O=C(O)C(=O)O. The van der Waals surface area contributed by atoms with Gasteiger partial charge in [-0.25, -0.2) is 23.0 Å². The van der Waals surface area contributed by atoms with Gasteiger partial charge in [-0.05, 0) is 41.8 Å². The molecular formula is C26H29N3O6S. The van der Waals surface area contributed by atoms with Crippen LogP contribution in [0.25, 0.3) is 22.9 Å². The van der Waals surface area contributed by atoms with E-state index >= 15 is 0 Å². The van der Waals surface area contributed by atoms with Gasteiger partial charge in [-0.1, -0.05) is 49.4 Å². The van der Waals surface area contributed by atoms with Gasteiger partial charge < -0.3 is 20.0 Å². The van der Waals surface area contributed by atoms with E-state index in [4.69, 9.17) is 24.8 Å². The van der Waals surface area contributed by atoms with Gasteiger partial charge in [0, 0.05) is 37.8 Å². The highest BCUT2D eigenvalue weighted by Gasteiger charge is 2.19. The number of hydrogen-bond donors (Lipinski definition) is 2. The van der Waals surface area contributed by atoms with Crippen LogP contribution in [0.15, 0.2) is 59.5 Å². The highest BCUT2D eigenvalue weighted by Crippen LogP contribution is 2.27. The minimum Gasteiger partial charge on any atom is -0.473 e. The van der Waals surface area contributed by atoms with E-state index in [-0.39, 0.29) is 0 Å². The molecule has 3 aromatic rings. The van der Waals surface area contributed by atoms with Crippen LogP contribution in [-0.2, 0) is 19.4 Å². The van der Waals surface area contributed by atoms with Gasteiger partial charge in [0.1, 0.15) is 5.82 Å². The molecular weight excluding hydrogens is 482 g/mol. The van der Waals surface area contributed by atoms with Gasteiger partial charge in [-0.15, -0.1) is 0 Å². The predicted octanol–water partition coefficient (Wildman–Crippen LogP) is 3.11. The lowest BCUT2D eigenvalue weighted by molar-refractivity contribution is -0.159. The van der Waals surface area contributed by atoms with Gasteiger partial charge >= 0.3 is 11.9 Å². The second-order valence-electron chi connectivity index (χ2n) is 8.30. The summed E-state index contributed by atoms with van der Waals surface area (Å²) in [6.07, 6.45) is 5.19. The van der Waals surface area contributed by atoms with Crippen molar-refractivity contribution in [2.75, 3.05) is 43.9 Å². The Balaban J connectivity index is 0.000000538. The maximum absolute atomic E-state index is 11.6. The number of rotatable bonds is 5. The average Bonchev–Trinajstić information content (AvgIpc) is 2.87. The van der Waals surface area contributed by atoms with Gasteiger partial charge in [-0.2, -0.15) is 0 Å². The van der Waals surface area contributed by atoms with E-state index in [2.05, 4.69) is 47.1 Å². The zero-order chi connectivity index (χ0) is 26.3. The number of likely N-dealkylation sites (N-methyl/N-ethyl adjacent to an activating group) is 1. The molecule has 2 N–H and O–H groups in total. The van der Waals surface area contributed by atoms with E-state index in [1.54, 1.807) is 12.1 Å². The second-order valence-corrected chi connectivity index (χ2v) is 10.3. The van der Waals surface area contributed by atoms with Crippen molar-refractivity contribution in [2.45, 2.75) is 11.8 Å². The molecule has 0 atom stereocenters. The Morgan fingerprint density at radius 3 is 2.11 bits per heavy atom. The second kappa shape index (κ2) is 11.8. The molecule has 0 unspecified atom stereocenters. The van der Waals surface area contributed by atoms with E-state index < -0.39 is 21.8 Å². The number of fused-ring (bicyclic) bond motifs is 1. The molecule has 9 nitrogen and oxygen atoms in total. The molecule has 4 rings (SSSR count).